The van der Waals surface area contributed by atoms with Gasteiger partial charge in [-0.05, 0) is 0 Å². The molecular formula is C7H8F3NO. The van der Waals surface area contributed by atoms with Crippen molar-refractivity contribution < 1.29 is 18.3 Å². The molecule has 0 aliphatic carbocycles. The number of aliphatic hydroxyl groups excluding tert-OH is 1. The molecule has 0 radical (unpaired) electrons. The first-order valence-electron chi connectivity index (χ1n) is 3.47. The van der Waals surface area contributed by atoms with Crippen molar-refractivity contribution in [1.29, 1.82) is 0 Å². The monoisotopic (exact) mass is 179 g/mol. The third kappa shape index (κ3) is 2.72. The SMILES string of the molecule is O[C@@H]1CNC[C@H]1C#CC(F)(F)F. The van der Waals surface area contributed by atoms with E-state index < -0.39 is 18.2 Å². The summed E-state index contributed by atoms with van der Waals surface area (Å²) in [7, 11) is 0. The van der Waals surface area contributed by atoms with Gasteiger partial charge >= 0.3 is 6.18 Å². The highest BCUT2D eigenvalue weighted by molar-refractivity contribution is 5.12. The van der Waals surface area contributed by atoms with Crippen LogP contribution in [-0.2, 0) is 0 Å². The molecule has 1 heterocycles. The van der Waals surface area contributed by atoms with Gasteiger partial charge in [0.2, 0.25) is 0 Å². The number of β-amino-alcohol motifs (C(OH)–C–C–N with tert-alkyl or cyclic N) is 1. The fraction of sp³-hybridized carbons (Fsp3) is 0.714. The molecule has 0 amide bonds. The van der Waals surface area contributed by atoms with Gasteiger partial charge in [0.1, 0.15) is 0 Å². The molecule has 0 spiro atoms. The number of rotatable bonds is 0. The average Bonchev–Trinajstić information content (AvgIpc) is 2.29. The first-order valence-corrected chi connectivity index (χ1v) is 3.47. The Morgan fingerprint density at radius 1 is 1.33 bits per heavy atom. The molecule has 0 bridgehead atoms. The zero-order chi connectivity index (χ0) is 9.19. The number of alkyl halides is 3. The van der Waals surface area contributed by atoms with E-state index in [0.717, 1.165) is 5.92 Å². The van der Waals surface area contributed by atoms with E-state index in [4.69, 9.17) is 5.11 Å². The van der Waals surface area contributed by atoms with Crippen LogP contribution in [0.25, 0.3) is 0 Å². The molecule has 0 aromatic heterocycles. The zero-order valence-electron chi connectivity index (χ0n) is 6.15. The Bertz CT molecular complexity index is 215. The van der Waals surface area contributed by atoms with Gasteiger partial charge in [0.15, 0.2) is 0 Å². The summed E-state index contributed by atoms with van der Waals surface area (Å²) in [5.74, 6) is 2.54. The van der Waals surface area contributed by atoms with E-state index in [1.54, 1.807) is 0 Å². The van der Waals surface area contributed by atoms with Gasteiger partial charge in [-0.1, -0.05) is 5.92 Å². The maximum absolute atomic E-state index is 11.6. The predicted molar refractivity (Wildman–Crippen MR) is 36.2 cm³/mol. The largest absolute Gasteiger partial charge is 0.457 e. The van der Waals surface area contributed by atoms with E-state index in [2.05, 4.69) is 5.32 Å². The molecule has 1 saturated heterocycles. The van der Waals surface area contributed by atoms with E-state index >= 15 is 0 Å². The van der Waals surface area contributed by atoms with Crippen molar-refractivity contribution in [2.24, 2.45) is 5.92 Å². The maximum Gasteiger partial charge on any atom is 0.457 e. The van der Waals surface area contributed by atoms with E-state index in [0.29, 0.717) is 13.1 Å². The molecule has 1 fully saturated rings. The van der Waals surface area contributed by atoms with Crippen LogP contribution in [-0.4, -0.2) is 30.5 Å². The Morgan fingerprint density at radius 2 is 2.00 bits per heavy atom. The predicted octanol–water partition coefficient (Wildman–Crippen LogP) is 0.132. The first kappa shape index (κ1) is 9.36. The van der Waals surface area contributed by atoms with Crippen molar-refractivity contribution in [2.75, 3.05) is 13.1 Å². The molecule has 2 N–H and O–H groups in total. The van der Waals surface area contributed by atoms with Gasteiger partial charge in [-0.15, -0.1) is 0 Å². The van der Waals surface area contributed by atoms with E-state index in [-0.39, 0.29) is 0 Å². The summed E-state index contributed by atoms with van der Waals surface area (Å²) < 4.78 is 34.7. The van der Waals surface area contributed by atoms with E-state index in [1.165, 1.54) is 0 Å². The standard InChI is InChI=1S/C7H8F3NO/c8-7(9,10)2-1-5-3-11-4-6(5)12/h5-6,11-12H,3-4H2/t5-,6-/m1/s1. The zero-order valence-corrected chi connectivity index (χ0v) is 6.15. The van der Waals surface area contributed by atoms with Crippen LogP contribution in [0.5, 0.6) is 0 Å². The minimum Gasteiger partial charge on any atom is -0.390 e. The van der Waals surface area contributed by atoms with Gasteiger partial charge in [-0.25, -0.2) is 0 Å². The van der Waals surface area contributed by atoms with Crippen LogP contribution in [0.4, 0.5) is 13.2 Å². The van der Waals surface area contributed by atoms with E-state index in [9.17, 15) is 13.2 Å². The second kappa shape index (κ2) is 3.33. The lowest BCUT2D eigenvalue weighted by molar-refractivity contribution is -0.0698. The maximum atomic E-state index is 11.6. The molecule has 1 aliphatic rings. The molecular weight excluding hydrogens is 171 g/mol. The fourth-order valence-electron chi connectivity index (χ4n) is 0.987. The fourth-order valence-corrected chi connectivity index (χ4v) is 0.987. The first-order chi connectivity index (χ1) is 5.49. The Labute approximate surface area is 67.8 Å². The molecule has 2 atom stereocenters. The molecule has 12 heavy (non-hydrogen) atoms. The van der Waals surface area contributed by atoms with Crippen LogP contribution in [0.1, 0.15) is 0 Å². The van der Waals surface area contributed by atoms with Gasteiger partial charge in [0.05, 0.1) is 12.0 Å². The summed E-state index contributed by atoms with van der Waals surface area (Å²) in [5, 5.41) is 11.8. The van der Waals surface area contributed by atoms with Gasteiger partial charge in [0, 0.05) is 19.0 Å². The van der Waals surface area contributed by atoms with E-state index in [1.807, 2.05) is 5.92 Å². The quantitative estimate of drug-likeness (QED) is 0.518. The van der Waals surface area contributed by atoms with Crippen molar-refractivity contribution >= 4 is 0 Å². The Balaban J connectivity index is 2.53. The lowest BCUT2D eigenvalue weighted by Crippen LogP contribution is -2.16. The highest BCUT2D eigenvalue weighted by Gasteiger charge is 2.27. The number of hydrogen-bond acceptors (Lipinski definition) is 2. The van der Waals surface area contributed by atoms with Crippen molar-refractivity contribution in [3.05, 3.63) is 0 Å². The van der Waals surface area contributed by atoms with Gasteiger partial charge < -0.3 is 10.4 Å². The van der Waals surface area contributed by atoms with Crippen LogP contribution in [0.2, 0.25) is 0 Å². The highest BCUT2D eigenvalue weighted by Crippen LogP contribution is 2.14. The van der Waals surface area contributed by atoms with Gasteiger partial charge in [-0.3, -0.25) is 0 Å². The number of halogens is 3. The molecule has 0 aromatic rings. The molecule has 0 saturated carbocycles. The topological polar surface area (TPSA) is 32.3 Å². The normalized spacial score (nSPS) is 29.7. The molecule has 0 unspecified atom stereocenters. The second-order valence-corrected chi connectivity index (χ2v) is 2.60. The Morgan fingerprint density at radius 3 is 2.42 bits per heavy atom. The molecule has 5 heteroatoms. The summed E-state index contributed by atoms with van der Waals surface area (Å²) >= 11 is 0. The second-order valence-electron chi connectivity index (χ2n) is 2.60. The Kier molecular flexibility index (Phi) is 2.60. The number of aliphatic hydroxyl groups is 1. The molecule has 0 aromatic carbocycles. The highest BCUT2D eigenvalue weighted by atomic mass is 19.4. The van der Waals surface area contributed by atoms with Crippen molar-refractivity contribution in [3.63, 3.8) is 0 Å². The van der Waals surface area contributed by atoms with Crippen LogP contribution < -0.4 is 5.32 Å². The number of hydrogen-bond donors (Lipinski definition) is 2. The van der Waals surface area contributed by atoms with Crippen LogP contribution >= 0.6 is 0 Å². The van der Waals surface area contributed by atoms with Crippen molar-refractivity contribution in [2.45, 2.75) is 12.3 Å². The van der Waals surface area contributed by atoms with Crippen molar-refractivity contribution in [3.8, 4) is 11.8 Å². The minimum atomic E-state index is -4.46. The van der Waals surface area contributed by atoms with Crippen LogP contribution in [0.3, 0.4) is 0 Å². The lowest BCUT2D eigenvalue weighted by atomic mass is 10.1. The molecule has 1 aliphatic heterocycles. The molecule has 68 valence electrons. The molecule has 1 rings (SSSR count). The third-order valence-corrected chi connectivity index (χ3v) is 1.58. The average molecular weight is 179 g/mol. The van der Waals surface area contributed by atoms with Crippen LogP contribution in [0.15, 0.2) is 0 Å². The lowest BCUT2D eigenvalue weighted by Gasteiger charge is -2.03. The summed E-state index contributed by atoms with van der Waals surface area (Å²) in [4.78, 5) is 0. The summed E-state index contributed by atoms with van der Waals surface area (Å²) in [5.41, 5.74) is 0. The van der Waals surface area contributed by atoms with Gasteiger partial charge in [0.25, 0.3) is 0 Å². The Hall–Kier alpha value is -0.730. The molecule has 2 nitrogen and oxygen atoms in total. The summed E-state index contributed by atoms with van der Waals surface area (Å²) in [6, 6.07) is 0. The smallest absolute Gasteiger partial charge is 0.390 e. The van der Waals surface area contributed by atoms with Gasteiger partial charge in [-0.2, -0.15) is 13.2 Å². The summed E-state index contributed by atoms with van der Waals surface area (Å²) in [6.07, 6.45) is -5.23. The third-order valence-electron chi connectivity index (χ3n) is 1.58. The van der Waals surface area contributed by atoms with Crippen LogP contribution in [0, 0.1) is 17.8 Å². The summed E-state index contributed by atoms with van der Waals surface area (Å²) in [6.45, 7) is 0.640. The minimum absolute atomic E-state index is 0.317. The van der Waals surface area contributed by atoms with Crippen molar-refractivity contribution in [1.82, 2.24) is 5.32 Å². The number of nitrogens with one attached hydrogen (secondary N) is 1.